The zero-order valence-electron chi connectivity index (χ0n) is 51.5. The van der Waals surface area contributed by atoms with E-state index in [1.54, 1.807) is 6.08 Å². The second-order valence-corrected chi connectivity index (χ2v) is 24.0. The highest BCUT2D eigenvalue weighted by Gasteiger charge is 2.60. The molecule has 14 N–H and O–H groups in total. The molecule has 3 aliphatic rings. The van der Waals surface area contributed by atoms with Crippen LogP contribution in [0.3, 0.4) is 0 Å². The van der Waals surface area contributed by atoms with Gasteiger partial charge in [-0.3, -0.25) is 9.59 Å². The Balaban J connectivity index is 1.64. The fraction of sp³-hybridized carbons (Fsp3) is 0.919. The highest BCUT2D eigenvalue weighted by molar-refractivity contribution is 5.77. The lowest BCUT2D eigenvalue weighted by atomic mass is 9.88. The molecular weight excluding hydrogens is 1110 g/mol. The van der Waals surface area contributed by atoms with Gasteiger partial charge in [0.2, 0.25) is 11.8 Å². The molecule has 3 rings (SSSR count). The summed E-state index contributed by atoms with van der Waals surface area (Å²) in [4.78, 5) is 38.4. The van der Waals surface area contributed by atoms with E-state index in [2.05, 4.69) is 24.5 Å². The van der Waals surface area contributed by atoms with Crippen molar-refractivity contribution in [2.75, 3.05) is 26.4 Å². The summed E-state index contributed by atoms with van der Waals surface area (Å²) in [6.45, 7) is 2.12. The molecule has 0 radical (unpaired) electrons. The summed E-state index contributed by atoms with van der Waals surface area (Å²) in [5.41, 5.74) is 0. The number of aliphatic carboxylic acids is 1. The predicted molar refractivity (Wildman–Crippen MR) is 315 cm³/mol. The van der Waals surface area contributed by atoms with Gasteiger partial charge < -0.3 is 100 Å². The Morgan fingerprint density at radius 2 is 1.09 bits per heavy atom. The Morgan fingerprint density at radius 1 is 0.612 bits per heavy atom. The minimum absolute atomic E-state index is 0.204. The molecule has 498 valence electrons. The Labute approximate surface area is 505 Å². The van der Waals surface area contributed by atoms with Crippen LogP contribution in [0.2, 0.25) is 0 Å². The number of aliphatic hydroxyl groups is 11. The van der Waals surface area contributed by atoms with Crippen LogP contribution in [0, 0.1) is 0 Å². The minimum atomic E-state index is -3.08. The van der Waals surface area contributed by atoms with E-state index in [1.165, 1.54) is 135 Å². The van der Waals surface area contributed by atoms with Crippen molar-refractivity contribution in [3.8, 4) is 0 Å². The van der Waals surface area contributed by atoms with Crippen LogP contribution in [0.5, 0.6) is 0 Å². The molecule has 23 heteroatoms. The van der Waals surface area contributed by atoms with Gasteiger partial charge in [0.1, 0.15) is 67.1 Å². The SMILES string of the molecule is CCCCCCCCCCCCCCCCCCC/C=C/C(O)C(COC1OC(CO)C(OC2OC(CO)C(O)C(OC3(C(=O)O)CC(O)C(NC(C)=O)C(C(O)C(O)CO)O3)C2O)C(O)C1O)NC(=O)CCCCCCCCCCCCCC. The predicted octanol–water partition coefficient (Wildman–Crippen LogP) is 4.34. The molecule has 85 heavy (non-hydrogen) atoms. The minimum Gasteiger partial charge on any atom is -0.477 e. The first kappa shape index (κ1) is 76.7. The molecule has 0 aliphatic carbocycles. The average molecular weight is 1220 g/mol. The summed E-state index contributed by atoms with van der Waals surface area (Å²) in [7, 11) is 0. The smallest absolute Gasteiger partial charge is 0.364 e. The monoisotopic (exact) mass is 1220 g/mol. The zero-order chi connectivity index (χ0) is 62.6. The van der Waals surface area contributed by atoms with Crippen LogP contribution >= 0.6 is 0 Å². The molecule has 3 aliphatic heterocycles. The van der Waals surface area contributed by atoms with E-state index in [-0.39, 0.29) is 12.3 Å². The van der Waals surface area contributed by atoms with E-state index >= 15 is 0 Å². The summed E-state index contributed by atoms with van der Waals surface area (Å²) >= 11 is 0. The number of allylic oxidation sites excluding steroid dienone is 1. The normalized spacial score (nSPS) is 29.6. The number of rotatable bonds is 48. The highest BCUT2D eigenvalue weighted by Crippen LogP contribution is 2.38. The molecule has 2 amide bonds. The number of carboxylic acids is 1. The summed E-state index contributed by atoms with van der Waals surface area (Å²) in [5.74, 6) is -6.14. The Bertz CT molecular complexity index is 1790. The van der Waals surface area contributed by atoms with Crippen LogP contribution in [0.25, 0.3) is 0 Å². The standard InChI is InChI=1S/C62H114N2O21/c1-4-6-8-10-12-14-16-18-19-20-21-22-23-24-25-27-29-31-33-35-44(69)43(64-49(72)36-34-32-30-28-26-17-15-13-11-9-7-5-2)41-80-59-54(76)53(75)56(48(40-67)82-59)83-60-55(77)58(52(74)47(39-66)81-60)85-62(61(78)79)37-45(70)50(63-42(3)68)57(84-62)51(73)46(71)38-65/h33,35,43-48,50-60,65-67,69-71,73-77H,4-32,34,36-41H2,1-3H3,(H,63,68)(H,64,72)(H,78,79)/b35-33+. The Hall–Kier alpha value is -2.53. The number of carbonyl (C=O) groups is 3. The van der Waals surface area contributed by atoms with Crippen LogP contribution < -0.4 is 10.6 Å². The van der Waals surface area contributed by atoms with Crippen molar-refractivity contribution in [3.05, 3.63) is 12.2 Å². The molecular formula is C62H114N2O21. The maximum absolute atomic E-state index is 13.4. The molecule has 0 bridgehead atoms. The number of amides is 2. The van der Waals surface area contributed by atoms with Gasteiger partial charge in [0.25, 0.3) is 5.79 Å². The van der Waals surface area contributed by atoms with Crippen LogP contribution in [0.15, 0.2) is 12.2 Å². The first-order chi connectivity index (χ1) is 40.9. The maximum atomic E-state index is 13.4. The molecule has 0 aromatic rings. The van der Waals surface area contributed by atoms with E-state index in [0.29, 0.717) is 12.8 Å². The second-order valence-electron chi connectivity index (χ2n) is 24.0. The summed E-state index contributed by atoms with van der Waals surface area (Å²) < 4.78 is 34.7. The van der Waals surface area contributed by atoms with E-state index in [0.717, 1.165) is 51.9 Å². The van der Waals surface area contributed by atoms with E-state index in [1.807, 2.05) is 6.08 Å². The number of ether oxygens (including phenoxy) is 6. The van der Waals surface area contributed by atoms with Gasteiger partial charge in [-0.05, 0) is 19.3 Å². The topological polar surface area (TPSA) is 373 Å². The summed E-state index contributed by atoms with van der Waals surface area (Å²) in [6, 6.07) is -2.61. The van der Waals surface area contributed by atoms with Gasteiger partial charge in [-0.15, -0.1) is 0 Å². The van der Waals surface area contributed by atoms with Crippen molar-refractivity contribution in [2.45, 2.75) is 336 Å². The van der Waals surface area contributed by atoms with Crippen LogP contribution in [0.4, 0.5) is 0 Å². The Kier molecular flexibility index (Phi) is 39.7. The van der Waals surface area contributed by atoms with Crippen molar-refractivity contribution < 1.29 is 104 Å². The molecule has 18 unspecified atom stereocenters. The number of nitrogens with one attached hydrogen (secondary N) is 2. The van der Waals surface area contributed by atoms with Gasteiger partial charge in [0.05, 0.1) is 50.7 Å². The summed E-state index contributed by atoms with van der Waals surface area (Å²) in [6.07, 6.45) is 9.84. The number of hydrogen-bond donors (Lipinski definition) is 14. The third kappa shape index (κ3) is 27.6. The van der Waals surface area contributed by atoms with Gasteiger partial charge in [0, 0.05) is 19.8 Å². The number of aliphatic hydroxyl groups excluding tert-OH is 11. The largest absolute Gasteiger partial charge is 0.477 e. The molecule has 23 nitrogen and oxygen atoms in total. The van der Waals surface area contributed by atoms with Gasteiger partial charge in [-0.2, -0.15) is 0 Å². The average Bonchev–Trinajstić information content (AvgIpc) is 1.56. The Morgan fingerprint density at radius 3 is 1.56 bits per heavy atom. The molecule has 0 saturated carbocycles. The first-order valence-electron chi connectivity index (χ1n) is 32.6. The third-order valence-corrected chi connectivity index (χ3v) is 16.7. The quantitative estimate of drug-likeness (QED) is 0.0298. The van der Waals surface area contributed by atoms with E-state index < -0.39 is 155 Å². The van der Waals surface area contributed by atoms with Crippen LogP contribution in [0.1, 0.15) is 226 Å². The molecule has 3 saturated heterocycles. The third-order valence-electron chi connectivity index (χ3n) is 16.7. The second kappa shape index (κ2) is 44.0. The molecule has 18 atom stereocenters. The number of hydrogen-bond acceptors (Lipinski definition) is 20. The zero-order valence-corrected chi connectivity index (χ0v) is 51.5. The fourth-order valence-electron chi connectivity index (χ4n) is 11.5. The fourth-order valence-corrected chi connectivity index (χ4v) is 11.5. The van der Waals surface area contributed by atoms with E-state index in [4.69, 9.17) is 28.4 Å². The highest BCUT2D eigenvalue weighted by atomic mass is 16.8. The summed E-state index contributed by atoms with van der Waals surface area (Å²) in [5, 5.41) is 136. The van der Waals surface area contributed by atoms with Crippen LogP contribution in [-0.2, 0) is 42.8 Å². The van der Waals surface area contributed by atoms with Crippen molar-refractivity contribution in [2.24, 2.45) is 0 Å². The molecule has 0 aromatic carbocycles. The molecule has 3 heterocycles. The molecule has 0 aromatic heterocycles. The van der Waals surface area contributed by atoms with Crippen LogP contribution in [-0.4, -0.2) is 215 Å². The van der Waals surface area contributed by atoms with Gasteiger partial charge in [-0.1, -0.05) is 199 Å². The maximum Gasteiger partial charge on any atom is 0.364 e. The van der Waals surface area contributed by atoms with Crippen molar-refractivity contribution in [1.29, 1.82) is 0 Å². The van der Waals surface area contributed by atoms with E-state index in [9.17, 15) is 75.7 Å². The lowest BCUT2D eigenvalue weighted by Crippen LogP contribution is -2.70. The number of carboxylic acid groups (broad SMARTS) is 1. The number of unbranched alkanes of at least 4 members (excludes halogenated alkanes) is 28. The van der Waals surface area contributed by atoms with Gasteiger partial charge in [0.15, 0.2) is 12.6 Å². The first-order valence-corrected chi connectivity index (χ1v) is 32.6. The van der Waals surface area contributed by atoms with Crippen molar-refractivity contribution in [1.82, 2.24) is 10.6 Å². The van der Waals surface area contributed by atoms with Gasteiger partial charge in [-0.25, -0.2) is 4.79 Å². The molecule has 3 fully saturated rings. The number of carbonyl (C=O) groups excluding carboxylic acids is 2. The van der Waals surface area contributed by atoms with Crippen molar-refractivity contribution >= 4 is 17.8 Å². The van der Waals surface area contributed by atoms with Gasteiger partial charge >= 0.3 is 5.97 Å². The molecule has 0 spiro atoms. The lowest BCUT2D eigenvalue weighted by molar-refractivity contribution is -0.386. The lowest BCUT2D eigenvalue weighted by Gasteiger charge is -2.50. The van der Waals surface area contributed by atoms with Crippen molar-refractivity contribution in [3.63, 3.8) is 0 Å².